The molecule has 2 nitrogen and oxygen atoms in total. The van der Waals surface area contributed by atoms with Crippen LogP contribution in [0.15, 0.2) is 30.3 Å². The first-order chi connectivity index (χ1) is 11.1. The van der Waals surface area contributed by atoms with Gasteiger partial charge in [0.05, 0.1) is 0 Å². The Morgan fingerprint density at radius 2 is 1.78 bits per heavy atom. The number of allylic oxidation sites excluding steroid dienone is 1. The summed E-state index contributed by atoms with van der Waals surface area (Å²) in [4.78, 5) is 10.7. The van der Waals surface area contributed by atoms with Crippen LogP contribution in [0.3, 0.4) is 0 Å². The minimum atomic E-state index is -0.882. The molecule has 1 fully saturated rings. The lowest BCUT2D eigenvalue weighted by molar-refractivity contribution is -0.131. The summed E-state index contributed by atoms with van der Waals surface area (Å²) >= 11 is 0. The third kappa shape index (κ3) is 5.53. The van der Waals surface area contributed by atoms with Crippen LogP contribution in [0, 0.1) is 5.92 Å². The molecular weight excluding hydrogens is 284 g/mol. The maximum Gasteiger partial charge on any atom is 0.328 e. The molecule has 0 spiro atoms. The molecule has 1 N–H and O–H groups in total. The molecule has 0 aliphatic heterocycles. The third-order valence-corrected chi connectivity index (χ3v) is 5.24. The number of rotatable bonds is 7. The maximum atomic E-state index is 10.7. The van der Waals surface area contributed by atoms with Gasteiger partial charge < -0.3 is 5.11 Å². The van der Waals surface area contributed by atoms with E-state index in [0.717, 1.165) is 17.1 Å². The standard InChI is InChI=1S/C21H30O2/c1-3-4-5-6-17-7-9-19(10-8-17)20-13-11-18(12-14-20)16(2)15-21(22)23/h11-15,17,19H,3-10H2,1-2H3,(H,22,23)/b16-15+. The zero-order valence-corrected chi connectivity index (χ0v) is 14.6. The van der Waals surface area contributed by atoms with Gasteiger partial charge in [-0.1, -0.05) is 56.9 Å². The van der Waals surface area contributed by atoms with Crippen molar-refractivity contribution < 1.29 is 9.90 Å². The molecule has 0 unspecified atom stereocenters. The van der Waals surface area contributed by atoms with Crippen LogP contribution in [0.4, 0.5) is 0 Å². The van der Waals surface area contributed by atoms with Crippen molar-refractivity contribution in [2.75, 3.05) is 0 Å². The van der Waals surface area contributed by atoms with Crippen LogP contribution in [0.5, 0.6) is 0 Å². The normalized spacial score (nSPS) is 22.1. The highest BCUT2D eigenvalue weighted by Crippen LogP contribution is 2.38. The molecule has 0 bridgehead atoms. The summed E-state index contributed by atoms with van der Waals surface area (Å²) in [5, 5.41) is 8.83. The van der Waals surface area contributed by atoms with Crippen molar-refractivity contribution in [3.8, 4) is 0 Å². The molecule has 0 heterocycles. The van der Waals surface area contributed by atoms with Gasteiger partial charge in [-0.05, 0) is 61.1 Å². The first-order valence-electron chi connectivity index (χ1n) is 9.11. The fraction of sp³-hybridized carbons (Fsp3) is 0.571. The molecule has 0 radical (unpaired) electrons. The van der Waals surface area contributed by atoms with Crippen LogP contribution < -0.4 is 0 Å². The number of hydrogen-bond acceptors (Lipinski definition) is 1. The largest absolute Gasteiger partial charge is 0.478 e. The zero-order chi connectivity index (χ0) is 16.7. The maximum absolute atomic E-state index is 10.7. The Kier molecular flexibility index (Phi) is 6.88. The average Bonchev–Trinajstić information content (AvgIpc) is 2.55. The molecule has 0 atom stereocenters. The molecule has 1 aromatic carbocycles. The van der Waals surface area contributed by atoms with Crippen molar-refractivity contribution in [2.45, 2.75) is 71.1 Å². The van der Waals surface area contributed by atoms with Gasteiger partial charge in [0.25, 0.3) is 0 Å². The summed E-state index contributed by atoms with van der Waals surface area (Å²) < 4.78 is 0. The summed E-state index contributed by atoms with van der Waals surface area (Å²) in [7, 11) is 0. The van der Waals surface area contributed by atoms with E-state index in [2.05, 4.69) is 31.2 Å². The number of carboxylic acids is 1. The minimum Gasteiger partial charge on any atom is -0.478 e. The average molecular weight is 314 g/mol. The lowest BCUT2D eigenvalue weighted by atomic mass is 9.77. The van der Waals surface area contributed by atoms with E-state index in [1.54, 1.807) is 0 Å². The van der Waals surface area contributed by atoms with Gasteiger partial charge >= 0.3 is 5.97 Å². The van der Waals surface area contributed by atoms with E-state index in [9.17, 15) is 4.79 Å². The van der Waals surface area contributed by atoms with Crippen molar-refractivity contribution in [1.29, 1.82) is 0 Å². The van der Waals surface area contributed by atoms with E-state index in [1.165, 1.54) is 63.0 Å². The topological polar surface area (TPSA) is 37.3 Å². The van der Waals surface area contributed by atoms with Crippen molar-refractivity contribution in [3.63, 3.8) is 0 Å². The molecule has 126 valence electrons. The van der Waals surface area contributed by atoms with E-state index >= 15 is 0 Å². The third-order valence-electron chi connectivity index (χ3n) is 5.24. The van der Waals surface area contributed by atoms with Crippen LogP contribution in [-0.2, 0) is 4.79 Å². The summed E-state index contributed by atoms with van der Waals surface area (Å²) in [6.07, 6.45) is 12.1. The second-order valence-corrected chi connectivity index (χ2v) is 7.00. The number of unbranched alkanes of at least 4 members (excludes halogenated alkanes) is 2. The fourth-order valence-corrected chi connectivity index (χ4v) is 3.75. The number of hydrogen-bond donors (Lipinski definition) is 1. The molecule has 1 aliphatic rings. The minimum absolute atomic E-state index is 0.690. The van der Waals surface area contributed by atoms with Crippen LogP contribution in [-0.4, -0.2) is 11.1 Å². The van der Waals surface area contributed by atoms with Crippen molar-refractivity contribution in [1.82, 2.24) is 0 Å². The van der Waals surface area contributed by atoms with Crippen LogP contribution in [0.1, 0.15) is 82.3 Å². The smallest absolute Gasteiger partial charge is 0.328 e. The van der Waals surface area contributed by atoms with E-state index < -0.39 is 5.97 Å². The van der Waals surface area contributed by atoms with E-state index in [1.807, 2.05) is 6.92 Å². The first kappa shape index (κ1) is 17.8. The fourth-order valence-electron chi connectivity index (χ4n) is 3.75. The molecule has 1 aromatic rings. The number of carbonyl (C=O) groups is 1. The molecule has 23 heavy (non-hydrogen) atoms. The number of benzene rings is 1. The zero-order valence-electron chi connectivity index (χ0n) is 14.6. The Balaban J connectivity index is 1.88. The molecule has 0 amide bonds. The van der Waals surface area contributed by atoms with E-state index in [4.69, 9.17) is 5.11 Å². The van der Waals surface area contributed by atoms with Crippen LogP contribution in [0.2, 0.25) is 0 Å². The monoisotopic (exact) mass is 314 g/mol. The summed E-state index contributed by atoms with van der Waals surface area (Å²) in [6.45, 7) is 4.12. The molecule has 1 aliphatic carbocycles. The Hall–Kier alpha value is -1.57. The summed E-state index contributed by atoms with van der Waals surface area (Å²) in [5.74, 6) is 0.751. The lowest BCUT2D eigenvalue weighted by Crippen LogP contribution is -2.13. The quantitative estimate of drug-likeness (QED) is 0.493. The van der Waals surface area contributed by atoms with Gasteiger partial charge in [-0.15, -0.1) is 0 Å². The van der Waals surface area contributed by atoms with Gasteiger partial charge in [0.1, 0.15) is 0 Å². The molecule has 0 aromatic heterocycles. The Morgan fingerprint density at radius 1 is 1.13 bits per heavy atom. The first-order valence-corrected chi connectivity index (χ1v) is 9.11. The van der Waals surface area contributed by atoms with Gasteiger partial charge in [-0.25, -0.2) is 4.79 Å². The summed E-state index contributed by atoms with van der Waals surface area (Å²) in [5.41, 5.74) is 3.23. The number of carboxylic acid groups (broad SMARTS) is 1. The predicted molar refractivity (Wildman–Crippen MR) is 96.6 cm³/mol. The van der Waals surface area contributed by atoms with Crippen LogP contribution in [0.25, 0.3) is 5.57 Å². The molecule has 2 rings (SSSR count). The summed E-state index contributed by atoms with van der Waals surface area (Å²) in [6, 6.07) is 8.52. The molecular formula is C21H30O2. The highest BCUT2D eigenvalue weighted by molar-refractivity contribution is 5.89. The van der Waals surface area contributed by atoms with Crippen molar-refractivity contribution >= 4 is 11.5 Å². The van der Waals surface area contributed by atoms with Crippen LogP contribution >= 0.6 is 0 Å². The Morgan fingerprint density at radius 3 is 2.35 bits per heavy atom. The Labute approximate surface area is 140 Å². The van der Waals surface area contributed by atoms with E-state index in [-0.39, 0.29) is 0 Å². The SMILES string of the molecule is CCCCCC1CCC(c2ccc(/C(C)=C/C(=O)O)cc2)CC1. The lowest BCUT2D eigenvalue weighted by Gasteiger charge is -2.29. The second-order valence-electron chi connectivity index (χ2n) is 7.00. The van der Waals surface area contributed by atoms with Gasteiger partial charge in [0, 0.05) is 6.08 Å². The molecule has 2 heteroatoms. The molecule has 0 saturated heterocycles. The Bertz CT molecular complexity index is 519. The van der Waals surface area contributed by atoms with Gasteiger partial charge in [-0.3, -0.25) is 0 Å². The van der Waals surface area contributed by atoms with Crippen molar-refractivity contribution in [2.24, 2.45) is 5.92 Å². The van der Waals surface area contributed by atoms with E-state index in [0.29, 0.717) is 5.92 Å². The van der Waals surface area contributed by atoms with Gasteiger partial charge in [0.2, 0.25) is 0 Å². The van der Waals surface area contributed by atoms with Gasteiger partial charge in [0.15, 0.2) is 0 Å². The number of aliphatic carboxylic acids is 1. The molecule has 1 saturated carbocycles. The highest BCUT2D eigenvalue weighted by atomic mass is 16.4. The van der Waals surface area contributed by atoms with Crippen molar-refractivity contribution in [3.05, 3.63) is 41.5 Å². The van der Waals surface area contributed by atoms with Gasteiger partial charge in [-0.2, -0.15) is 0 Å². The predicted octanol–water partition coefficient (Wildman–Crippen LogP) is 6.03. The highest BCUT2D eigenvalue weighted by Gasteiger charge is 2.21. The second kappa shape index (κ2) is 8.90.